The molecular weight excluding hydrogens is 401 g/mol. The predicted octanol–water partition coefficient (Wildman–Crippen LogP) is -2.11. The number of nitrogens with zero attached hydrogens (tertiary/aromatic N) is 1. The standard InChI is InChI=1S/C15H28NO5.HI/c1-11(2)14(19)20-10-12(17)8-16(6,7)9-13(18)21-15(3,4)5;/h12,17H,1,8-10H2,2-7H3;1H/q+1;/p-1. The maximum atomic E-state index is 11.8. The minimum absolute atomic E-state index is 0. The van der Waals surface area contributed by atoms with Crippen molar-refractivity contribution in [3.8, 4) is 0 Å². The molecule has 0 bridgehead atoms. The number of quaternary nitrogens is 1. The molecule has 0 amide bonds. The predicted molar refractivity (Wildman–Crippen MR) is 79.5 cm³/mol. The van der Waals surface area contributed by atoms with Gasteiger partial charge in [-0.25, -0.2) is 9.59 Å². The first-order valence-electron chi connectivity index (χ1n) is 6.87. The quantitative estimate of drug-likeness (QED) is 0.217. The van der Waals surface area contributed by atoms with Crippen LogP contribution in [0.1, 0.15) is 27.7 Å². The molecule has 0 aromatic carbocycles. The summed E-state index contributed by atoms with van der Waals surface area (Å²) >= 11 is 0. The number of carbonyl (C=O) groups is 2. The van der Waals surface area contributed by atoms with Crippen molar-refractivity contribution in [2.45, 2.75) is 39.4 Å². The molecular formula is C15H28INO5. The Labute approximate surface area is 150 Å². The Morgan fingerprint density at radius 2 is 1.77 bits per heavy atom. The van der Waals surface area contributed by atoms with Gasteiger partial charge in [0.15, 0.2) is 6.54 Å². The number of hydrogen-bond donors (Lipinski definition) is 1. The summed E-state index contributed by atoms with van der Waals surface area (Å²) in [6, 6.07) is 0. The van der Waals surface area contributed by atoms with Crippen LogP contribution in [-0.4, -0.2) is 67.0 Å². The fourth-order valence-electron chi connectivity index (χ4n) is 1.71. The highest BCUT2D eigenvalue weighted by Crippen LogP contribution is 2.09. The number of ether oxygens (including phenoxy) is 2. The molecule has 0 heterocycles. The SMILES string of the molecule is C=C(C)C(=O)OCC(O)C[N+](C)(C)CC(=O)OC(C)(C)C.[I-]. The van der Waals surface area contributed by atoms with Gasteiger partial charge in [-0.15, -0.1) is 0 Å². The molecule has 6 nitrogen and oxygen atoms in total. The van der Waals surface area contributed by atoms with Crippen LogP contribution >= 0.6 is 0 Å². The number of carbonyl (C=O) groups excluding carboxylic acids is 2. The molecule has 0 aromatic rings. The molecule has 1 atom stereocenters. The third-order valence-electron chi connectivity index (χ3n) is 2.44. The normalized spacial score (nSPS) is 12.9. The summed E-state index contributed by atoms with van der Waals surface area (Å²) in [5, 5.41) is 9.89. The Hall–Kier alpha value is -0.670. The van der Waals surface area contributed by atoms with Crippen molar-refractivity contribution in [1.29, 1.82) is 0 Å². The minimum Gasteiger partial charge on any atom is -1.00 e. The molecule has 7 heteroatoms. The van der Waals surface area contributed by atoms with Crippen molar-refractivity contribution >= 4 is 11.9 Å². The van der Waals surface area contributed by atoms with Gasteiger partial charge in [0.05, 0.1) is 14.1 Å². The van der Waals surface area contributed by atoms with Crippen LogP contribution in [0.5, 0.6) is 0 Å². The summed E-state index contributed by atoms with van der Waals surface area (Å²) < 4.78 is 10.4. The fraction of sp³-hybridized carbons (Fsp3) is 0.733. The van der Waals surface area contributed by atoms with E-state index in [1.165, 1.54) is 6.92 Å². The van der Waals surface area contributed by atoms with E-state index < -0.39 is 17.7 Å². The summed E-state index contributed by atoms with van der Waals surface area (Å²) in [5.74, 6) is -0.870. The molecule has 0 aliphatic rings. The van der Waals surface area contributed by atoms with Crippen molar-refractivity contribution in [2.75, 3.05) is 33.8 Å². The Balaban J connectivity index is 0. The monoisotopic (exact) mass is 429 g/mol. The molecule has 0 spiro atoms. The molecule has 0 aliphatic carbocycles. The highest BCUT2D eigenvalue weighted by Gasteiger charge is 2.28. The number of esters is 2. The number of hydrogen-bond acceptors (Lipinski definition) is 5. The zero-order chi connectivity index (χ0) is 16.8. The number of halogens is 1. The lowest BCUT2D eigenvalue weighted by molar-refractivity contribution is -0.886. The summed E-state index contributed by atoms with van der Waals surface area (Å²) in [6.07, 6.45) is -0.856. The van der Waals surface area contributed by atoms with E-state index in [9.17, 15) is 14.7 Å². The van der Waals surface area contributed by atoms with Crippen LogP contribution in [-0.2, 0) is 19.1 Å². The van der Waals surface area contributed by atoms with Gasteiger partial charge < -0.3 is 43.0 Å². The number of aliphatic hydroxyl groups is 1. The van der Waals surface area contributed by atoms with Crippen LogP contribution < -0.4 is 24.0 Å². The summed E-state index contributed by atoms with van der Waals surface area (Å²) in [5.41, 5.74) is -0.253. The maximum absolute atomic E-state index is 11.8. The van der Waals surface area contributed by atoms with Crippen molar-refractivity contribution in [2.24, 2.45) is 0 Å². The molecule has 0 saturated carbocycles. The maximum Gasteiger partial charge on any atom is 0.362 e. The Morgan fingerprint density at radius 3 is 2.18 bits per heavy atom. The molecule has 0 fully saturated rings. The number of rotatable bonds is 7. The molecule has 130 valence electrons. The van der Waals surface area contributed by atoms with Crippen LogP contribution in [0.25, 0.3) is 0 Å². The molecule has 0 aliphatic heterocycles. The second-order valence-corrected chi connectivity index (χ2v) is 6.90. The minimum atomic E-state index is -0.856. The first-order valence-corrected chi connectivity index (χ1v) is 6.87. The van der Waals surface area contributed by atoms with Crippen LogP contribution in [0.4, 0.5) is 0 Å². The van der Waals surface area contributed by atoms with E-state index in [1.54, 1.807) is 34.9 Å². The van der Waals surface area contributed by atoms with Gasteiger partial charge in [-0.2, -0.15) is 0 Å². The van der Waals surface area contributed by atoms with Crippen LogP contribution in [0.3, 0.4) is 0 Å². The van der Waals surface area contributed by atoms with E-state index >= 15 is 0 Å². The summed E-state index contributed by atoms with van der Waals surface area (Å²) in [7, 11) is 3.60. The van der Waals surface area contributed by atoms with Gasteiger partial charge in [0.2, 0.25) is 0 Å². The highest BCUT2D eigenvalue weighted by atomic mass is 127. The number of likely N-dealkylation sites (N-methyl/N-ethyl adjacent to an activating group) is 1. The van der Waals surface area contributed by atoms with E-state index in [0.717, 1.165) is 0 Å². The Morgan fingerprint density at radius 1 is 1.27 bits per heavy atom. The van der Waals surface area contributed by atoms with E-state index in [2.05, 4.69) is 6.58 Å². The average Bonchev–Trinajstić information content (AvgIpc) is 2.20. The Kier molecular flexibility index (Phi) is 10.2. The Bertz CT molecular complexity index is 401. The number of aliphatic hydroxyl groups excluding tert-OH is 1. The van der Waals surface area contributed by atoms with Gasteiger partial charge in [0.25, 0.3) is 0 Å². The van der Waals surface area contributed by atoms with Crippen molar-refractivity contribution in [1.82, 2.24) is 0 Å². The fourth-order valence-corrected chi connectivity index (χ4v) is 1.71. The van der Waals surface area contributed by atoms with E-state index in [4.69, 9.17) is 9.47 Å². The third-order valence-corrected chi connectivity index (χ3v) is 2.44. The first-order chi connectivity index (χ1) is 9.32. The topological polar surface area (TPSA) is 72.8 Å². The van der Waals surface area contributed by atoms with E-state index in [0.29, 0.717) is 0 Å². The smallest absolute Gasteiger partial charge is 0.362 e. The van der Waals surface area contributed by atoms with Crippen molar-refractivity contribution < 1.29 is 52.6 Å². The van der Waals surface area contributed by atoms with Gasteiger partial charge in [-0.3, -0.25) is 0 Å². The van der Waals surface area contributed by atoms with Crippen LogP contribution in [0, 0.1) is 0 Å². The van der Waals surface area contributed by atoms with E-state index in [1.807, 2.05) is 0 Å². The molecule has 22 heavy (non-hydrogen) atoms. The average molecular weight is 429 g/mol. The largest absolute Gasteiger partial charge is 1.00 e. The zero-order valence-electron chi connectivity index (χ0n) is 14.3. The van der Waals surface area contributed by atoms with Crippen molar-refractivity contribution in [3.63, 3.8) is 0 Å². The van der Waals surface area contributed by atoms with Gasteiger partial charge in [-0.1, -0.05) is 6.58 Å². The first kappa shape index (κ1) is 23.6. The molecule has 0 aromatic heterocycles. The molecule has 1 N–H and O–H groups in total. The molecule has 0 rings (SSSR count). The highest BCUT2D eigenvalue weighted by molar-refractivity contribution is 5.86. The van der Waals surface area contributed by atoms with Crippen LogP contribution in [0.15, 0.2) is 12.2 Å². The molecule has 1 unspecified atom stereocenters. The third kappa shape index (κ3) is 11.9. The molecule has 0 radical (unpaired) electrons. The van der Waals surface area contributed by atoms with Gasteiger partial charge in [-0.05, 0) is 27.7 Å². The molecule has 0 saturated heterocycles. The lowest BCUT2D eigenvalue weighted by atomic mass is 10.2. The summed E-state index contributed by atoms with van der Waals surface area (Å²) in [4.78, 5) is 23.0. The van der Waals surface area contributed by atoms with E-state index in [-0.39, 0.29) is 59.7 Å². The lowest BCUT2D eigenvalue weighted by Crippen LogP contribution is -3.00. The van der Waals surface area contributed by atoms with Gasteiger partial charge >= 0.3 is 11.9 Å². The zero-order valence-corrected chi connectivity index (χ0v) is 16.5. The summed E-state index contributed by atoms with van der Waals surface area (Å²) in [6.45, 7) is 10.7. The lowest BCUT2D eigenvalue weighted by Gasteiger charge is -2.31. The van der Waals surface area contributed by atoms with Gasteiger partial charge in [0.1, 0.15) is 24.9 Å². The van der Waals surface area contributed by atoms with Gasteiger partial charge in [0, 0.05) is 5.57 Å². The second-order valence-electron chi connectivity index (χ2n) is 6.90. The second kappa shape index (κ2) is 9.46. The van der Waals surface area contributed by atoms with Crippen molar-refractivity contribution in [3.05, 3.63) is 12.2 Å². The van der Waals surface area contributed by atoms with Crippen LogP contribution in [0.2, 0.25) is 0 Å².